The van der Waals surface area contributed by atoms with Crippen LogP contribution < -0.4 is 9.47 Å². The molecule has 2 aliphatic carbocycles. The minimum Gasteiger partial charge on any atom is -0.506 e. The lowest BCUT2D eigenvalue weighted by Gasteiger charge is -2.55. The van der Waals surface area contributed by atoms with Gasteiger partial charge in [0.15, 0.2) is 5.78 Å². The highest BCUT2D eigenvalue weighted by molar-refractivity contribution is 6.15. The summed E-state index contributed by atoms with van der Waals surface area (Å²) in [6.07, 6.45) is -6.02. The van der Waals surface area contributed by atoms with E-state index >= 15 is 0 Å². The van der Waals surface area contributed by atoms with Crippen LogP contribution in [-0.2, 0) is 23.9 Å². The molecule has 2 saturated carbocycles. The van der Waals surface area contributed by atoms with Crippen molar-refractivity contribution >= 4 is 29.3 Å². The van der Waals surface area contributed by atoms with Gasteiger partial charge in [-0.05, 0) is 42.5 Å². The van der Waals surface area contributed by atoms with E-state index in [1.807, 2.05) is 0 Å². The van der Waals surface area contributed by atoms with Gasteiger partial charge in [0.05, 0.1) is 25.9 Å². The Balaban J connectivity index is 1.54. The zero-order chi connectivity index (χ0) is 34.5. The maximum atomic E-state index is 14.0. The van der Waals surface area contributed by atoms with Crippen molar-refractivity contribution < 1.29 is 73.9 Å². The van der Waals surface area contributed by atoms with Crippen LogP contribution in [0.1, 0.15) is 42.6 Å². The minimum atomic E-state index is -3.12. The van der Waals surface area contributed by atoms with Crippen LogP contribution in [0.2, 0.25) is 0 Å². The highest BCUT2D eigenvalue weighted by atomic mass is 16.6. The van der Waals surface area contributed by atoms with Crippen LogP contribution in [0.15, 0.2) is 29.8 Å². The van der Waals surface area contributed by atoms with Crippen LogP contribution >= 0.6 is 0 Å². The summed E-state index contributed by atoms with van der Waals surface area (Å²) in [5.41, 5.74) is -10.7. The zero-order valence-corrected chi connectivity index (χ0v) is 25.5. The Kier molecular flexibility index (Phi) is 7.14. The molecule has 2 heterocycles. The molecule has 0 radical (unpaired) electrons. The molecule has 0 saturated heterocycles. The van der Waals surface area contributed by atoms with Crippen molar-refractivity contribution in [2.24, 2.45) is 11.8 Å². The molecular weight excluding hydrogens is 624 g/mol. The van der Waals surface area contributed by atoms with Crippen molar-refractivity contribution in [3.63, 3.8) is 0 Å². The molecule has 6 rings (SSSR count). The van der Waals surface area contributed by atoms with E-state index in [1.165, 1.54) is 26.0 Å². The Bertz CT molecular complexity index is 1800. The molecule has 0 aromatic heterocycles. The second kappa shape index (κ2) is 10.4. The number of carbonyl (C=O) groups is 4. The summed E-state index contributed by atoms with van der Waals surface area (Å²) in [6, 6.07) is 4.64. The highest BCUT2D eigenvalue weighted by Gasteiger charge is 2.76. The Morgan fingerprint density at radius 3 is 1.94 bits per heavy atom. The quantitative estimate of drug-likeness (QED) is 0.219. The molecule has 15 heteroatoms. The Labute approximate surface area is 266 Å². The van der Waals surface area contributed by atoms with E-state index in [4.69, 9.17) is 18.9 Å². The van der Waals surface area contributed by atoms with Crippen molar-refractivity contribution in [3.8, 4) is 34.1 Å². The van der Waals surface area contributed by atoms with Gasteiger partial charge in [0.25, 0.3) is 11.2 Å². The first-order chi connectivity index (χ1) is 22.1. The number of aliphatic hydroxyl groups excluding tert-OH is 4. The molecule has 8 atom stereocenters. The number of hydrogen-bond acceptors (Lipinski definition) is 15. The normalized spacial score (nSPS) is 34.2. The largest absolute Gasteiger partial charge is 0.506 e. The van der Waals surface area contributed by atoms with E-state index in [9.17, 15) is 54.9 Å². The van der Waals surface area contributed by atoms with Gasteiger partial charge in [0, 0.05) is 17.5 Å². The second-order valence-electron chi connectivity index (χ2n) is 12.4. The number of methoxy groups -OCH3 is 2. The monoisotopic (exact) mass is 656 g/mol. The third kappa shape index (κ3) is 3.76. The van der Waals surface area contributed by atoms with E-state index < -0.39 is 110 Å². The standard InChI is InChI=1S/C32H32O15/c1-11-9-15(33)21-24(37)19-16(46-30(21,25(11)38)28(41)44-3)7-5-13(22(19)35)14-6-8-17-20(23(14)36)27(40)31(43)18(34)10-12(2)26(39)32(31,47-17)29(42)45-4/h5-8,11-12,18,25-26,34-39,43H,9-10H2,1-4H3/t11-,12+,18+,25+,26+,30+,31+,32-/m1/s1. The molecule has 0 unspecified atom stereocenters. The smallest absolute Gasteiger partial charge is 0.358 e. The topological polar surface area (TPSA) is 247 Å². The van der Waals surface area contributed by atoms with Crippen molar-refractivity contribution in [1.29, 1.82) is 0 Å². The van der Waals surface area contributed by atoms with Crippen LogP contribution in [0.4, 0.5) is 0 Å². The Morgan fingerprint density at radius 1 is 0.809 bits per heavy atom. The van der Waals surface area contributed by atoms with Gasteiger partial charge < -0.3 is 54.7 Å². The van der Waals surface area contributed by atoms with E-state index in [-0.39, 0.29) is 29.7 Å². The third-order valence-corrected chi connectivity index (χ3v) is 9.85. The van der Waals surface area contributed by atoms with Crippen molar-refractivity contribution in [2.75, 3.05) is 14.2 Å². The number of benzene rings is 2. The maximum absolute atomic E-state index is 14.0. The minimum absolute atomic E-state index is 0.245. The average molecular weight is 657 g/mol. The number of esters is 2. The predicted molar refractivity (Wildman–Crippen MR) is 155 cm³/mol. The fourth-order valence-corrected chi connectivity index (χ4v) is 7.41. The predicted octanol–water partition coefficient (Wildman–Crippen LogP) is 0.287. The lowest BCUT2D eigenvalue weighted by Crippen LogP contribution is -2.81. The molecule has 2 aromatic rings. The van der Waals surface area contributed by atoms with Crippen LogP contribution in [-0.4, -0.2) is 109 Å². The number of carbonyl (C=O) groups excluding carboxylic acids is 4. The summed E-state index contributed by atoms with van der Waals surface area (Å²) >= 11 is 0. The number of aliphatic hydroxyl groups is 5. The number of phenols is 2. The Morgan fingerprint density at radius 2 is 1.36 bits per heavy atom. The van der Waals surface area contributed by atoms with Gasteiger partial charge >= 0.3 is 11.9 Å². The molecule has 2 aromatic carbocycles. The van der Waals surface area contributed by atoms with Gasteiger partial charge in [-0.2, -0.15) is 0 Å². The van der Waals surface area contributed by atoms with Gasteiger partial charge in [-0.15, -0.1) is 0 Å². The summed E-state index contributed by atoms with van der Waals surface area (Å²) in [4.78, 5) is 53.3. The average Bonchev–Trinajstić information content (AvgIpc) is 3.03. The summed E-state index contributed by atoms with van der Waals surface area (Å²) in [7, 11) is 1.94. The molecule has 2 aliphatic heterocycles. The van der Waals surface area contributed by atoms with Crippen molar-refractivity contribution in [1.82, 2.24) is 0 Å². The summed E-state index contributed by atoms with van der Waals surface area (Å²) in [5, 5.41) is 79.0. The number of Topliss-reactive ketones (excluding diaryl/α,β-unsaturated/α-hetero) is 2. The number of ether oxygens (including phenoxy) is 4. The van der Waals surface area contributed by atoms with Gasteiger partial charge in [-0.1, -0.05) is 13.8 Å². The van der Waals surface area contributed by atoms with E-state index in [1.54, 1.807) is 0 Å². The molecule has 2 fully saturated rings. The van der Waals surface area contributed by atoms with Crippen LogP contribution in [0.25, 0.3) is 16.9 Å². The van der Waals surface area contributed by atoms with E-state index in [0.717, 1.165) is 26.4 Å². The SMILES string of the molecule is COC(=O)[C@]12Oc3ccc(-c4ccc5c(c4O)C(=O)[C@@]4(O)[C@@H](O)C[C@H](C)[C@H](O)[C@]4(C(=O)OC)O5)c(O)c3C(O)=C1C(=O)C[C@@H](C)[C@@H]2O. The molecule has 15 nitrogen and oxygen atoms in total. The number of phenolic OH excluding ortho intramolecular Hbond substituents is 2. The number of rotatable bonds is 3. The van der Waals surface area contributed by atoms with Crippen LogP contribution in [0.5, 0.6) is 23.0 Å². The van der Waals surface area contributed by atoms with E-state index in [2.05, 4.69) is 0 Å². The Hall–Kier alpha value is -4.70. The molecular formula is C32H32O15. The summed E-state index contributed by atoms with van der Waals surface area (Å²) in [6.45, 7) is 2.97. The van der Waals surface area contributed by atoms with Gasteiger partial charge in [0.1, 0.15) is 52.1 Å². The fraction of sp³-hybridized carbons (Fsp3) is 0.438. The van der Waals surface area contributed by atoms with Crippen LogP contribution in [0, 0.1) is 11.8 Å². The van der Waals surface area contributed by atoms with Crippen molar-refractivity contribution in [2.45, 2.75) is 61.8 Å². The van der Waals surface area contributed by atoms with Gasteiger partial charge in [0.2, 0.25) is 11.4 Å². The fourth-order valence-electron chi connectivity index (χ4n) is 7.41. The highest BCUT2D eigenvalue weighted by Crippen LogP contribution is 2.56. The number of hydrogen-bond donors (Lipinski definition) is 7. The molecule has 0 spiro atoms. The van der Waals surface area contributed by atoms with E-state index in [0.29, 0.717) is 0 Å². The molecule has 47 heavy (non-hydrogen) atoms. The van der Waals surface area contributed by atoms with Gasteiger partial charge in [-0.25, -0.2) is 9.59 Å². The number of fused-ring (bicyclic) bond motifs is 4. The number of aromatic hydroxyl groups is 2. The zero-order valence-electron chi connectivity index (χ0n) is 25.5. The second-order valence-corrected chi connectivity index (χ2v) is 12.4. The summed E-state index contributed by atoms with van der Waals surface area (Å²) in [5.74, 6) is -9.64. The first-order valence-electron chi connectivity index (χ1n) is 14.6. The maximum Gasteiger partial charge on any atom is 0.358 e. The van der Waals surface area contributed by atoms with Crippen molar-refractivity contribution in [3.05, 3.63) is 41.0 Å². The lowest BCUT2D eigenvalue weighted by atomic mass is 9.60. The molecule has 0 bridgehead atoms. The van der Waals surface area contributed by atoms with Crippen LogP contribution in [0.3, 0.4) is 0 Å². The number of ketones is 2. The molecule has 7 N–H and O–H groups in total. The lowest BCUT2D eigenvalue weighted by molar-refractivity contribution is -0.249. The van der Waals surface area contributed by atoms with Gasteiger partial charge in [-0.3, -0.25) is 9.59 Å². The molecule has 4 aliphatic rings. The first kappa shape index (κ1) is 32.2. The first-order valence-corrected chi connectivity index (χ1v) is 14.6. The molecule has 250 valence electrons. The summed E-state index contributed by atoms with van der Waals surface area (Å²) < 4.78 is 21.3. The third-order valence-electron chi connectivity index (χ3n) is 9.85. The molecule has 0 amide bonds.